The van der Waals surface area contributed by atoms with Gasteiger partial charge in [0, 0.05) is 30.4 Å². The number of benzene rings is 2. The zero-order chi connectivity index (χ0) is 14.5. The average molecular weight is 272 g/mol. The highest BCUT2D eigenvalue weighted by atomic mass is 19.1. The van der Waals surface area contributed by atoms with Gasteiger partial charge in [0.25, 0.3) is 5.91 Å². The normalized spacial score (nSPS) is 10.2. The summed E-state index contributed by atoms with van der Waals surface area (Å²) in [6, 6.07) is 12.1. The van der Waals surface area contributed by atoms with Gasteiger partial charge in [-0.2, -0.15) is 0 Å². The van der Waals surface area contributed by atoms with E-state index in [-0.39, 0.29) is 11.7 Å². The second-order valence-corrected chi connectivity index (χ2v) is 4.50. The summed E-state index contributed by atoms with van der Waals surface area (Å²) in [6.07, 6.45) is 0. The average Bonchev–Trinajstić information content (AvgIpc) is 2.47. The zero-order valence-corrected chi connectivity index (χ0v) is 11.5. The largest absolute Gasteiger partial charge is 0.381 e. The van der Waals surface area contributed by atoms with E-state index in [0.717, 1.165) is 11.3 Å². The first-order valence-electron chi connectivity index (χ1n) is 6.42. The summed E-state index contributed by atoms with van der Waals surface area (Å²) in [6.45, 7) is 2.25. The molecule has 0 aliphatic rings. The smallest absolute Gasteiger partial charge is 0.251 e. The van der Waals surface area contributed by atoms with Crippen LogP contribution < -0.4 is 10.6 Å². The maximum atomic E-state index is 13.6. The van der Waals surface area contributed by atoms with Gasteiger partial charge in [-0.1, -0.05) is 24.3 Å². The fourth-order valence-corrected chi connectivity index (χ4v) is 2.04. The molecule has 0 saturated heterocycles. The fourth-order valence-electron chi connectivity index (χ4n) is 2.04. The Morgan fingerprint density at radius 2 is 1.90 bits per heavy atom. The van der Waals surface area contributed by atoms with E-state index >= 15 is 0 Å². The highest BCUT2D eigenvalue weighted by Gasteiger charge is 2.10. The monoisotopic (exact) mass is 272 g/mol. The molecule has 0 saturated carbocycles. The Hall–Kier alpha value is -2.36. The van der Waals surface area contributed by atoms with Crippen molar-refractivity contribution in [2.45, 2.75) is 13.5 Å². The first-order chi connectivity index (χ1) is 9.63. The summed E-state index contributed by atoms with van der Waals surface area (Å²) in [7, 11) is 1.60. The maximum Gasteiger partial charge on any atom is 0.251 e. The van der Waals surface area contributed by atoms with Gasteiger partial charge in [-0.05, 0) is 30.7 Å². The van der Waals surface area contributed by atoms with Gasteiger partial charge in [0.1, 0.15) is 5.82 Å². The molecular formula is C16H17FN2O. The van der Waals surface area contributed by atoms with E-state index in [1.54, 1.807) is 37.4 Å². The molecule has 3 nitrogen and oxygen atoms in total. The van der Waals surface area contributed by atoms with Crippen LogP contribution in [0, 0.1) is 12.7 Å². The van der Waals surface area contributed by atoms with Crippen LogP contribution in [-0.2, 0) is 6.54 Å². The van der Waals surface area contributed by atoms with Gasteiger partial charge in [0.05, 0.1) is 0 Å². The van der Waals surface area contributed by atoms with Crippen LogP contribution in [0.2, 0.25) is 0 Å². The lowest BCUT2D eigenvalue weighted by Crippen LogP contribution is -2.19. The van der Waals surface area contributed by atoms with Crippen molar-refractivity contribution >= 4 is 11.6 Å². The van der Waals surface area contributed by atoms with Crippen LogP contribution in [0.15, 0.2) is 42.5 Å². The quantitative estimate of drug-likeness (QED) is 0.898. The molecule has 0 heterocycles. The molecule has 0 fully saturated rings. The summed E-state index contributed by atoms with van der Waals surface area (Å²) >= 11 is 0. The maximum absolute atomic E-state index is 13.6. The van der Waals surface area contributed by atoms with Gasteiger partial charge in [-0.25, -0.2) is 4.39 Å². The number of carbonyl (C=O) groups is 1. The van der Waals surface area contributed by atoms with Crippen molar-refractivity contribution in [2.24, 2.45) is 0 Å². The molecule has 20 heavy (non-hydrogen) atoms. The van der Waals surface area contributed by atoms with Crippen molar-refractivity contribution < 1.29 is 9.18 Å². The number of hydrogen-bond acceptors (Lipinski definition) is 2. The number of halogens is 1. The SMILES string of the molecule is CNC(=O)c1cccc(NCc2ccccc2F)c1C. The van der Waals surface area contributed by atoms with Crippen LogP contribution in [0.5, 0.6) is 0 Å². The van der Waals surface area contributed by atoms with E-state index in [9.17, 15) is 9.18 Å². The fraction of sp³-hybridized carbons (Fsp3) is 0.188. The lowest BCUT2D eigenvalue weighted by molar-refractivity contribution is 0.0962. The van der Waals surface area contributed by atoms with E-state index in [0.29, 0.717) is 17.7 Å². The minimum absolute atomic E-state index is 0.128. The lowest BCUT2D eigenvalue weighted by Gasteiger charge is -2.13. The van der Waals surface area contributed by atoms with Gasteiger partial charge in [-0.15, -0.1) is 0 Å². The molecular weight excluding hydrogens is 255 g/mol. The van der Waals surface area contributed by atoms with Gasteiger partial charge in [-0.3, -0.25) is 4.79 Å². The van der Waals surface area contributed by atoms with Crippen LogP contribution in [0.1, 0.15) is 21.5 Å². The molecule has 0 spiro atoms. The van der Waals surface area contributed by atoms with E-state index < -0.39 is 0 Å². The van der Waals surface area contributed by atoms with Crippen LogP contribution >= 0.6 is 0 Å². The van der Waals surface area contributed by atoms with Crippen molar-refractivity contribution in [2.75, 3.05) is 12.4 Å². The van der Waals surface area contributed by atoms with Crippen LogP contribution in [0.25, 0.3) is 0 Å². The topological polar surface area (TPSA) is 41.1 Å². The number of amides is 1. The number of anilines is 1. The van der Waals surface area contributed by atoms with E-state index in [2.05, 4.69) is 10.6 Å². The van der Waals surface area contributed by atoms with Crippen molar-refractivity contribution in [1.29, 1.82) is 0 Å². The third kappa shape index (κ3) is 2.96. The van der Waals surface area contributed by atoms with E-state index in [4.69, 9.17) is 0 Å². The predicted octanol–water partition coefficient (Wildman–Crippen LogP) is 3.11. The standard InChI is InChI=1S/C16H17FN2O/c1-11-13(16(20)18-2)7-5-9-15(11)19-10-12-6-3-4-8-14(12)17/h3-9,19H,10H2,1-2H3,(H,18,20). The van der Waals surface area contributed by atoms with Gasteiger partial charge < -0.3 is 10.6 Å². The Morgan fingerprint density at radius 3 is 2.60 bits per heavy atom. The Bertz CT molecular complexity index is 626. The van der Waals surface area contributed by atoms with Crippen molar-refractivity contribution in [3.05, 3.63) is 65.0 Å². The molecule has 1 amide bonds. The number of hydrogen-bond donors (Lipinski definition) is 2. The molecule has 4 heteroatoms. The number of carbonyl (C=O) groups excluding carboxylic acids is 1. The Kier molecular flexibility index (Phi) is 4.35. The molecule has 0 unspecified atom stereocenters. The summed E-state index contributed by atoms with van der Waals surface area (Å²) < 4.78 is 13.6. The molecule has 2 N–H and O–H groups in total. The molecule has 0 atom stereocenters. The minimum atomic E-state index is -0.236. The number of nitrogens with one attached hydrogen (secondary N) is 2. The van der Waals surface area contributed by atoms with Crippen molar-refractivity contribution in [3.8, 4) is 0 Å². The van der Waals surface area contributed by atoms with E-state index in [1.807, 2.05) is 13.0 Å². The summed E-state index contributed by atoms with van der Waals surface area (Å²) in [5, 5.41) is 5.77. The molecule has 104 valence electrons. The zero-order valence-electron chi connectivity index (χ0n) is 11.5. The first kappa shape index (κ1) is 14.1. The third-order valence-corrected chi connectivity index (χ3v) is 3.23. The van der Waals surface area contributed by atoms with Crippen molar-refractivity contribution in [3.63, 3.8) is 0 Å². The molecule has 0 aliphatic carbocycles. The molecule has 2 rings (SSSR count). The van der Waals surface area contributed by atoms with Gasteiger partial charge in [0.2, 0.25) is 0 Å². The number of rotatable bonds is 4. The minimum Gasteiger partial charge on any atom is -0.381 e. The molecule has 0 aliphatic heterocycles. The molecule has 0 bridgehead atoms. The Morgan fingerprint density at radius 1 is 1.15 bits per heavy atom. The highest BCUT2D eigenvalue weighted by molar-refractivity contribution is 5.96. The molecule has 2 aromatic carbocycles. The van der Waals surface area contributed by atoms with Crippen LogP contribution in [-0.4, -0.2) is 13.0 Å². The Balaban J connectivity index is 2.18. The lowest BCUT2D eigenvalue weighted by atomic mass is 10.1. The van der Waals surface area contributed by atoms with E-state index in [1.165, 1.54) is 6.07 Å². The third-order valence-electron chi connectivity index (χ3n) is 3.23. The first-order valence-corrected chi connectivity index (χ1v) is 6.42. The second-order valence-electron chi connectivity index (χ2n) is 4.50. The predicted molar refractivity (Wildman–Crippen MR) is 78.3 cm³/mol. The molecule has 0 aromatic heterocycles. The van der Waals surface area contributed by atoms with Crippen LogP contribution in [0.4, 0.5) is 10.1 Å². The molecule has 0 radical (unpaired) electrons. The second kappa shape index (κ2) is 6.19. The van der Waals surface area contributed by atoms with Gasteiger partial charge in [0.15, 0.2) is 0 Å². The summed E-state index contributed by atoms with van der Waals surface area (Å²) in [5.74, 6) is -0.364. The molecule has 2 aromatic rings. The highest BCUT2D eigenvalue weighted by Crippen LogP contribution is 2.20. The van der Waals surface area contributed by atoms with Crippen LogP contribution in [0.3, 0.4) is 0 Å². The summed E-state index contributed by atoms with van der Waals surface area (Å²) in [4.78, 5) is 11.7. The Labute approximate surface area is 117 Å². The van der Waals surface area contributed by atoms with Gasteiger partial charge >= 0.3 is 0 Å². The summed E-state index contributed by atoms with van der Waals surface area (Å²) in [5.41, 5.74) is 2.89. The van der Waals surface area contributed by atoms with Crippen molar-refractivity contribution in [1.82, 2.24) is 5.32 Å².